The molecule has 0 heterocycles. The van der Waals surface area contributed by atoms with Crippen LogP contribution in [0.2, 0.25) is 5.02 Å². The number of benzene rings is 3. The Kier molecular flexibility index (Phi) is 9.55. The van der Waals surface area contributed by atoms with Gasteiger partial charge in [-0.2, -0.15) is 0 Å². The van der Waals surface area contributed by atoms with Crippen LogP contribution in [0.25, 0.3) is 0 Å². The van der Waals surface area contributed by atoms with Crippen LogP contribution >= 0.6 is 23.4 Å². The van der Waals surface area contributed by atoms with Gasteiger partial charge in [-0.1, -0.05) is 31.0 Å². The van der Waals surface area contributed by atoms with E-state index in [4.69, 9.17) is 16.3 Å². The molecule has 0 unspecified atom stereocenters. The van der Waals surface area contributed by atoms with Crippen LogP contribution in [0.3, 0.4) is 0 Å². The summed E-state index contributed by atoms with van der Waals surface area (Å²) in [6.45, 7) is 2.43. The summed E-state index contributed by atoms with van der Waals surface area (Å²) in [4.78, 5) is 37.4. The van der Waals surface area contributed by atoms with Crippen LogP contribution in [0.15, 0.2) is 77.7 Å². The standard InChI is InChI=1S/C26H25ClN2O4S/c1-2-3-15-33-26(32)18-7-9-21(10-8-18)28-24(30)17-34-23-13-11-22(12-14-23)29-25(31)19-5-4-6-20(27)16-19/h4-14,16H,2-3,15,17H2,1H3,(H,28,30)(H,29,31). The van der Waals surface area contributed by atoms with Crippen LogP contribution in [-0.2, 0) is 9.53 Å². The van der Waals surface area contributed by atoms with E-state index in [1.807, 2.05) is 19.1 Å². The normalized spacial score (nSPS) is 10.4. The van der Waals surface area contributed by atoms with E-state index in [-0.39, 0.29) is 23.5 Å². The van der Waals surface area contributed by atoms with E-state index in [0.717, 1.165) is 17.7 Å². The van der Waals surface area contributed by atoms with Crippen LogP contribution in [0, 0.1) is 0 Å². The Balaban J connectivity index is 1.45. The van der Waals surface area contributed by atoms with Gasteiger partial charge >= 0.3 is 5.97 Å². The van der Waals surface area contributed by atoms with Gasteiger partial charge in [0.2, 0.25) is 5.91 Å². The third-order valence-electron chi connectivity index (χ3n) is 4.70. The zero-order valence-electron chi connectivity index (χ0n) is 18.7. The second-order valence-corrected chi connectivity index (χ2v) is 8.88. The summed E-state index contributed by atoms with van der Waals surface area (Å²) in [6, 6.07) is 20.6. The van der Waals surface area contributed by atoms with Crippen molar-refractivity contribution in [2.75, 3.05) is 23.0 Å². The quantitative estimate of drug-likeness (QED) is 0.196. The smallest absolute Gasteiger partial charge is 0.338 e. The Morgan fingerprint density at radius 1 is 0.882 bits per heavy atom. The minimum absolute atomic E-state index is 0.165. The fraction of sp³-hybridized carbons (Fsp3) is 0.192. The van der Waals surface area contributed by atoms with E-state index < -0.39 is 0 Å². The molecule has 0 aliphatic rings. The number of esters is 1. The van der Waals surface area contributed by atoms with Gasteiger partial charge < -0.3 is 15.4 Å². The summed E-state index contributed by atoms with van der Waals surface area (Å²) < 4.78 is 5.18. The molecule has 8 heteroatoms. The van der Waals surface area contributed by atoms with E-state index >= 15 is 0 Å². The molecule has 0 saturated carbocycles. The number of rotatable bonds is 10. The molecule has 0 spiro atoms. The predicted molar refractivity (Wildman–Crippen MR) is 137 cm³/mol. The first-order valence-corrected chi connectivity index (χ1v) is 12.2. The Hall–Kier alpha value is -3.29. The molecule has 6 nitrogen and oxygen atoms in total. The number of ether oxygens (including phenoxy) is 1. The molecule has 0 aromatic heterocycles. The van der Waals surface area contributed by atoms with Crippen molar-refractivity contribution in [2.45, 2.75) is 24.7 Å². The number of amides is 2. The zero-order chi connectivity index (χ0) is 24.3. The molecule has 176 valence electrons. The molecule has 2 amide bonds. The highest BCUT2D eigenvalue weighted by molar-refractivity contribution is 8.00. The molecule has 0 bridgehead atoms. The van der Waals surface area contributed by atoms with Gasteiger partial charge in [0.25, 0.3) is 5.91 Å². The fourth-order valence-corrected chi connectivity index (χ4v) is 3.78. The first-order chi connectivity index (χ1) is 16.4. The summed E-state index contributed by atoms with van der Waals surface area (Å²) in [5, 5.41) is 6.13. The number of halogens is 1. The molecule has 2 N–H and O–H groups in total. The Morgan fingerprint density at radius 2 is 1.56 bits per heavy atom. The van der Waals surface area contributed by atoms with Crippen molar-refractivity contribution in [3.8, 4) is 0 Å². The maximum atomic E-state index is 12.3. The van der Waals surface area contributed by atoms with Crippen molar-refractivity contribution in [2.24, 2.45) is 0 Å². The minimum atomic E-state index is -0.367. The first-order valence-electron chi connectivity index (χ1n) is 10.8. The third-order valence-corrected chi connectivity index (χ3v) is 5.95. The SMILES string of the molecule is CCCCOC(=O)c1ccc(NC(=O)CSc2ccc(NC(=O)c3cccc(Cl)c3)cc2)cc1. The molecule has 0 saturated heterocycles. The van der Waals surface area contributed by atoms with Crippen LogP contribution in [0.1, 0.15) is 40.5 Å². The molecule has 0 radical (unpaired) electrons. The molecule has 0 fully saturated rings. The number of nitrogens with one attached hydrogen (secondary N) is 2. The summed E-state index contributed by atoms with van der Waals surface area (Å²) >= 11 is 7.31. The Bertz CT molecular complexity index is 1130. The lowest BCUT2D eigenvalue weighted by atomic mass is 10.2. The van der Waals surface area contributed by atoms with Gasteiger partial charge in [-0.05, 0) is 73.2 Å². The van der Waals surface area contributed by atoms with Crippen molar-refractivity contribution in [3.05, 3.63) is 88.9 Å². The Morgan fingerprint density at radius 3 is 2.24 bits per heavy atom. The lowest BCUT2D eigenvalue weighted by molar-refractivity contribution is -0.113. The molecule has 0 aliphatic heterocycles. The summed E-state index contributed by atoms with van der Waals surface area (Å²) in [7, 11) is 0. The van der Waals surface area contributed by atoms with Gasteiger partial charge in [-0.15, -0.1) is 11.8 Å². The van der Waals surface area contributed by atoms with Crippen LogP contribution in [0.4, 0.5) is 11.4 Å². The lowest BCUT2D eigenvalue weighted by Gasteiger charge is -2.08. The van der Waals surface area contributed by atoms with Crippen molar-refractivity contribution in [3.63, 3.8) is 0 Å². The topological polar surface area (TPSA) is 84.5 Å². The average molecular weight is 497 g/mol. The minimum Gasteiger partial charge on any atom is -0.462 e. The van der Waals surface area contributed by atoms with Crippen LogP contribution < -0.4 is 10.6 Å². The van der Waals surface area contributed by atoms with Gasteiger partial charge in [0.05, 0.1) is 17.9 Å². The van der Waals surface area contributed by atoms with Crippen LogP contribution in [-0.4, -0.2) is 30.1 Å². The predicted octanol–water partition coefficient (Wildman–Crippen LogP) is 6.28. The zero-order valence-corrected chi connectivity index (χ0v) is 20.2. The molecular formula is C26H25ClN2O4S. The fourth-order valence-electron chi connectivity index (χ4n) is 2.90. The van der Waals surface area contributed by atoms with E-state index in [1.54, 1.807) is 60.7 Å². The van der Waals surface area contributed by atoms with Gasteiger partial charge in [0, 0.05) is 26.9 Å². The van der Waals surface area contributed by atoms with Gasteiger partial charge in [-0.3, -0.25) is 9.59 Å². The molecule has 0 atom stereocenters. The van der Waals surface area contributed by atoms with Crippen molar-refractivity contribution in [1.82, 2.24) is 0 Å². The summed E-state index contributed by atoms with van der Waals surface area (Å²) in [6.07, 6.45) is 1.79. The van der Waals surface area contributed by atoms with Gasteiger partial charge in [0.1, 0.15) is 0 Å². The lowest BCUT2D eigenvalue weighted by Crippen LogP contribution is -2.14. The molecule has 0 aliphatic carbocycles. The second-order valence-electron chi connectivity index (χ2n) is 7.39. The van der Waals surface area contributed by atoms with Gasteiger partial charge in [0.15, 0.2) is 0 Å². The number of hydrogen-bond donors (Lipinski definition) is 2. The molecular weight excluding hydrogens is 472 g/mol. The molecule has 3 aromatic carbocycles. The highest BCUT2D eigenvalue weighted by atomic mass is 35.5. The van der Waals surface area contributed by atoms with Crippen molar-refractivity contribution in [1.29, 1.82) is 0 Å². The molecule has 3 rings (SSSR count). The summed E-state index contributed by atoms with van der Waals surface area (Å²) in [5.41, 5.74) is 2.18. The summed E-state index contributed by atoms with van der Waals surface area (Å²) in [5.74, 6) is -0.562. The van der Waals surface area contributed by atoms with Crippen molar-refractivity contribution < 1.29 is 19.1 Å². The van der Waals surface area contributed by atoms with Crippen LogP contribution in [0.5, 0.6) is 0 Å². The highest BCUT2D eigenvalue weighted by Gasteiger charge is 2.09. The molecule has 3 aromatic rings. The van der Waals surface area contributed by atoms with E-state index in [9.17, 15) is 14.4 Å². The number of thioether (sulfide) groups is 1. The Labute approximate surface area is 208 Å². The van der Waals surface area contributed by atoms with E-state index in [2.05, 4.69) is 10.6 Å². The second kappa shape index (κ2) is 12.8. The number of carbonyl (C=O) groups is 3. The number of unbranched alkanes of at least 4 members (excludes halogenated alkanes) is 1. The highest BCUT2D eigenvalue weighted by Crippen LogP contribution is 2.22. The average Bonchev–Trinajstić information content (AvgIpc) is 2.84. The number of hydrogen-bond acceptors (Lipinski definition) is 5. The van der Waals surface area contributed by atoms with Crippen molar-refractivity contribution >= 4 is 52.5 Å². The van der Waals surface area contributed by atoms with E-state index in [1.165, 1.54) is 11.8 Å². The first kappa shape index (κ1) is 25.3. The molecule has 34 heavy (non-hydrogen) atoms. The monoisotopic (exact) mass is 496 g/mol. The number of anilines is 2. The maximum Gasteiger partial charge on any atom is 0.338 e. The third kappa shape index (κ3) is 7.93. The maximum absolute atomic E-state index is 12.3. The van der Waals surface area contributed by atoms with E-state index in [0.29, 0.717) is 34.1 Å². The number of carbonyl (C=O) groups excluding carboxylic acids is 3. The van der Waals surface area contributed by atoms with Gasteiger partial charge in [-0.25, -0.2) is 4.79 Å². The largest absolute Gasteiger partial charge is 0.462 e.